The molecule has 1 aliphatic heterocycles. The van der Waals surface area contributed by atoms with Gasteiger partial charge in [0.05, 0.1) is 12.5 Å². The number of nitrogens with one attached hydrogen (secondary N) is 1. The molecule has 0 aromatic heterocycles. The predicted octanol–water partition coefficient (Wildman–Crippen LogP) is 2.53. The number of carbonyl (C=O) groups is 1. The third-order valence-corrected chi connectivity index (χ3v) is 3.86. The van der Waals surface area contributed by atoms with Crippen LogP contribution in [0.2, 0.25) is 0 Å². The second-order valence-corrected chi connectivity index (χ2v) is 5.15. The summed E-state index contributed by atoms with van der Waals surface area (Å²) in [5.74, 6) is 0.982. The molecule has 1 saturated heterocycles. The fourth-order valence-corrected chi connectivity index (χ4v) is 2.78. The average molecular weight is 262 g/mol. The van der Waals surface area contributed by atoms with Crippen LogP contribution in [0.1, 0.15) is 44.9 Å². The van der Waals surface area contributed by atoms with Crippen molar-refractivity contribution in [2.24, 2.45) is 11.8 Å². The summed E-state index contributed by atoms with van der Waals surface area (Å²) in [6.07, 6.45) is 8.08. The number of hydrogen-bond acceptors (Lipinski definition) is 3. The van der Waals surface area contributed by atoms with E-state index in [-0.39, 0.29) is 24.3 Å². The second-order valence-electron chi connectivity index (χ2n) is 5.15. The third-order valence-electron chi connectivity index (χ3n) is 3.86. The zero-order chi connectivity index (χ0) is 11.2. The van der Waals surface area contributed by atoms with Gasteiger partial charge in [0.1, 0.15) is 0 Å². The standard InChI is InChI=1S/C13H23NO2.ClH/c15-13(12-5-1-2-6-12)16-9-7-11-4-3-8-14-10-11;/h11-12,14H,1-10H2;1H. The zero-order valence-electron chi connectivity index (χ0n) is 10.5. The SMILES string of the molecule is Cl.O=C(OCCC1CCCNC1)C1CCCC1. The van der Waals surface area contributed by atoms with Gasteiger partial charge in [0.15, 0.2) is 0 Å². The van der Waals surface area contributed by atoms with E-state index in [2.05, 4.69) is 5.32 Å². The maximum atomic E-state index is 11.6. The van der Waals surface area contributed by atoms with Gasteiger partial charge in [0, 0.05) is 0 Å². The molecular formula is C13H24ClNO2. The maximum Gasteiger partial charge on any atom is 0.308 e. The van der Waals surface area contributed by atoms with Gasteiger partial charge in [-0.1, -0.05) is 12.8 Å². The molecule has 1 aliphatic carbocycles. The lowest BCUT2D eigenvalue weighted by Crippen LogP contribution is -2.30. The number of halogens is 1. The molecule has 0 aromatic rings. The van der Waals surface area contributed by atoms with Crippen molar-refractivity contribution in [1.82, 2.24) is 5.32 Å². The van der Waals surface area contributed by atoms with E-state index in [1.54, 1.807) is 0 Å². The van der Waals surface area contributed by atoms with E-state index < -0.39 is 0 Å². The van der Waals surface area contributed by atoms with Crippen LogP contribution in [0.5, 0.6) is 0 Å². The Bertz CT molecular complexity index is 223. The Kier molecular flexibility index (Phi) is 6.90. The Morgan fingerprint density at radius 2 is 1.94 bits per heavy atom. The molecule has 17 heavy (non-hydrogen) atoms. The third kappa shape index (κ3) is 4.84. The zero-order valence-corrected chi connectivity index (χ0v) is 11.3. The summed E-state index contributed by atoms with van der Waals surface area (Å²) >= 11 is 0. The van der Waals surface area contributed by atoms with Crippen LogP contribution in [-0.4, -0.2) is 25.7 Å². The van der Waals surface area contributed by atoms with Crippen molar-refractivity contribution in [2.75, 3.05) is 19.7 Å². The molecule has 4 heteroatoms. The molecule has 1 heterocycles. The molecule has 0 amide bonds. The van der Waals surface area contributed by atoms with Gasteiger partial charge in [0.25, 0.3) is 0 Å². The summed E-state index contributed by atoms with van der Waals surface area (Å²) in [6.45, 7) is 2.88. The van der Waals surface area contributed by atoms with Gasteiger partial charge < -0.3 is 10.1 Å². The van der Waals surface area contributed by atoms with E-state index in [1.165, 1.54) is 25.7 Å². The van der Waals surface area contributed by atoms with Crippen molar-refractivity contribution in [3.63, 3.8) is 0 Å². The van der Waals surface area contributed by atoms with Gasteiger partial charge in [-0.25, -0.2) is 0 Å². The monoisotopic (exact) mass is 261 g/mol. The molecule has 2 aliphatic rings. The summed E-state index contributed by atoms with van der Waals surface area (Å²) in [4.78, 5) is 11.6. The molecule has 3 nitrogen and oxygen atoms in total. The first-order chi connectivity index (χ1) is 7.86. The van der Waals surface area contributed by atoms with Crippen molar-refractivity contribution >= 4 is 18.4 Å². The van der Waals surface area contributed by atoms with E-state index in [1.807, 2.05) is 0 Å². The van der Waals surface area contributed by atoms with Crippen LogP contribution in [0.4, 0.5) is 0 Å². The lowest BCUT2D eigenvalue weighted by atomic mass is 9.97. The number of carbonyl (C=O) groups excluding carboxylic acids is 1. The molecular weight excluding hydrogens is 238 g/mol. The van der Waals surface area contributed by atoms with Crippen molar-refractivity contribution in [3.05, 3.63) is 0 Å². The fraction of sp³-hybridized carbons (Fsp3) is 0.923. The predicted molar refractivity (Wildman–Crippen MR) is 70.4 cm³/mol. The lowest BCUT2D eigenvalue weighted by Gasteiger charge is -2.22. The van der Waals surface area contributed by atoms with Crippen LogP contribution in [-0.2, 0) is 9.53 Å². The van der Waals surface area contributed by atoms with Crippen LogP contribution < -0.4 is 5.32 Å². The van der Waals surface area contributed by atoms with E-state index in [0.29, 0.717) is 12.5 Å². The Morgan fingerprint density at radius 3 is 2.59 bits per heavy atom. The second kappa shape index (κ2) is 7.93. The Labute approximate surface area is 110 Å². The number of rotatable bonds is 4. The van der Waals surface area contributed by atoms with E-state index in [9.17, 15) is 4.79 Å². The molecule has 0 aromatic carbocycles. The first-order valence-electron chi connectivity index (χ1n) is 6.73. The number of ether oxygens (including phenoxy) is 1. The highest BCUT2D eigenvalue weighted by molar-refractivity contribution is 5.85. The molecule has 1 saturated carbocycles. The van der Waals surface area contributed by atoms with Gasteiger partial charge in [-0.05, 0) is 51.1 Å². The van der Waals surface area contributed by atoms with Crippen molar-refractivity contribution < 1.29 is 9.53 Å². The molecule has 2 fully saturated rings. The molecule has 100 valence electrons. The van der Waals surface area contributed by atoms with Gasteiger partial charge in [0.2, 0.25) is 0 Å². The molecule has 2 rings (SSSR count). The normalized spacial score (nSPS) is 25.3. The molecule has 1 N–H and O–H groups in total. The van der Waals surface area contributed by atoms with Gasteiger partial charge in [-0.3, -0.25) is 4.79 Å². The molecule has 0 spiro atoms. The summed E-state index contributed by atoms with van der Waals surface area (Å²) in [7, 11) is 0. The summed E-state index contributed by atoms with van der Waals surface area (Å²) in [6, 6.07) is 0. The smallest absolute Gasteiger partial charge is 0.308 e. The van der Waals surface area contributed by atoms with Crippen LogP contribution in [0, 0.1) is 11.8 Å². The first-order valence-corrected chi connectivity index (χ1v) is 6.73. The Balaban J connectivity index is 0.00000144. The number of esters is 1. The lowest BCUT2D eigenvalue weighted by molar-refractivity contribution is -0.148. The van der Waals surface area contributed by atoms with Gasteiger partial charge in [-0.2, -0.15) is 0 Å². The minimum atomic E-state index is 0. The van der Waals surface area contributed by atoms with Gasteiger partial charge >= 0.3 is 5.97 Å². The Hall–Kier alpha value is -0.280. The van der Waals surface area contributed by atoms with Crippen LogP contribution in [0.3, 0.4) is 0 Å². The fourth-order valence-electron chi connectivity index (χ4n) is 2.78. The molecule has 0 bridgehead atoms. The van der Waals surface area contributed by atoms with Crippen molar-refractivity contribution in [1.29, 1.82) is 0 Å². The summed E-state index contributed by atoms with van der Waals surface area (Å²) < 4.78 is 5.36. The van der Waals surface area contributed by atoms with Crippen LogP contribution in [0.25, 0.3) is 0 Å². The largest absolute Gasteiger partial charge is 0.465 e. The van der Waals surface area contributed by atoms with Crippen molar-refractivity contribution in [2.45, 2.75) is 44.9 Å². The minimum absolute atomic E-state index is 0. The highest BCUT2D eigenvalue weighted by Gasteiger charge is 2.24. The minimum Gasteiger partial charge on any atom is -0.465 e. The van der Waals surface area contributed by atoms with Crippen molar-refractivity contribution in [3.8, 4) is 0 Å². The highest BCUT2D eigenvalue weighted by Crippen LogP contribution is 2.26. The van der Waals surface area contributed by atoms with Crippen LogP contribution >= 0.6 is 12.4 Å². The first kappa shape index (κ1) is 14.8. The van der Waals surface area contributed by atoms with E-state index in [0.717, 1.165) is 32.4 Å². The molecule has 1 unspecified atom stereocenters. The Morgan fingerprint density at radius 1 is 1.18 bits per heavy atom. The summed E-state index contributed by atoms with van der Waals surface area (Å²) in [5, 5.41) is 3.39. The topological polar surface area (TPSA) is 38.3 Å². The number of hydrogen-bond donors (Lipinski definition) is 1. The van der Waals surface area contributed by atoms with E-state index >= 15 is 0 Å². The molecule has 1 atom stereocenters. The summed E-state index contributed by atoms with van der Waals surface area (Å²) in [5.41, 5.74) is 0. The molecule has 0 radical (unpaired) electrons. The van der Waals surface area contributed by atoms with Gasteiger partial charge in [-0.15, -0.1) is 12.4 Å². The maximum absolute atomic E-state index is 11.6. The van der Waals surface area contributed by atoms with Crippen LogP contribution in [0.15, 0.2) is 0 Å². The average Bonchev–Trinajstić information content (AvgIpc) is 2.84. The highest BCUT2D eigenvalue weighted by atomic mass is 35.5. The van der Waals surface area contributed by atoms with E-state index in [4.69, 9.17) is 4.74 Å². The quantitative estimate of drug-likeness (QED) is 0.791. The number of piperidine rings is 1.